The zero-order valence-electron chi connectivity index (χ0n) is 10.3. The van der Waals surface area contributed by atoms with Gasteiger partial charge in [0.1, 0.15) is 11.5 Å². The zero-order valence-corrected chi connectivity index (χ0v) is 11.1. The lowest BCUT2D eigenvalue weighted by Gasteiger charge is -2.05. The van der Waals surface area contributed by atoms with E-state index < -0.39 is 10.0 Å². The lowest BCUT2D eigenvalue weighted by atomic mass is 10.3. The maximum absolute atomic E-state index is 11.9. The molecule has 0 saturated heterocycles. The summed E-state index contributed by atoms with van der Waals surface area (Å²) >= 11 is 0. The molecule has 0 aliphatic carbocycles. The van der Waals surface area contributed by atoms with Gasteiger partial charge in [-0.2, -0.15) is 0 Å². The number of sulfonamides is 1. The third kappa shape index (κ3) is 3.40. The molecule has 0 radical (unpaired) electrons. The van der Waals surface area contributed by atoms with Crippen molar-refractivity contribution in [3.63, 3.8) is 0 Å². The van der Waals surface area contributed by atoms with Crippen LogP contribution < -0.4 is 4.72 Å². The maximum atomic E-state index is 11.9. The van der Waals surface area contributed by atoms with Gasteiger partial charge in [-0.05, 0) is 30.7 Å². The predicted octanol–water partition coefficient (Wildman–Crippen LogP) is 0.954. The van der Waals surface area contributed by atoms with Gasteiger partial charge in [0.2, 0.25) is 0 Å². The Morgan fingerprint density at radius 2 is 2.11 bits per heavy atom. The predicted molar refractivity (Wildman–Crippen MR) is 67.6 cm³/mol. The maximum Gasteiger partial charge on any atom is 0.258 e. The quantitative estimate of drug-likeness (QED) is 0.852. The second-order valence-corrected chi connectivity index (χ2v) is 5.71. The largest absolute Gasteiger partial charge is 0.465 e. The Labute approximate surface area is 111 Å². The molecule has 0 bridgehead atoms. The topological polar surface area (TPSA) is 92.4 Å². The van der Waals surface area contributed by atoms with Crippen molar-refractivity contribution in [3.8, 4) is 0 Å². The smallest absolute Gasteiger partial charge is 0.258 e. The number of aryl methyl sites for hydroxylation is 1. The first-order chi connectivity index (χ1) is 9.01. The third-order valence-electron chi connectivity index (χ3n) is 2.49. The van der Waals surface area contributed by atoms with Crippen LogP contribution in [0.15, 0.2) is 39.9 Å². The summed E-state index contributed by atoms with van der Waals surface area (Å²) in [7, 11) is -3.68. The van der Waals surface area contributed by atoms with E-state index in [9.17, 15) is 8.42 Å². The van der Waals surface area contributed by atoms with Crippen LogP contribution in [0.3, 0.4) is 0 Å². The molecule has 2 aromatic rings. The summed E-state index contributed by atoms with van der Waals surface area (Å²) in [5.41, 5.74) is 0.556. The molecule has 0 fully saturated rings. The lowest BCUT2D eigenvalue weighted by Crippen LogP contribution is -2.24. The van der Waals surface area contributed by atoms with Gasteiger partial charge >= 0.3 is 0 Å². The van der Waals surface area contributed by atoms with Crippen LogP contribution >= 0.6 is 0 Å². The molecule has 0 aromatic carbocycles. The average molecular weight is 282 g/mol. The molecular weight excluding hydrogens is 268 g/mol. The molecule has 2 N–H and O–H groups in total. The standard InChI is InChI=1S/C12H14N2O4S/c1-9-2-4-11(18-9)7-14-19(16,17)12-5-3-10(8-15)6-13-12/h2-6,14-15H,7-8H2,1H3. The van der Waals surface area contributed by atoms with Crippen LogP contribution in [-0.2, 0) is 23.2 Å². The molecular formula is C12H14N2O4S. The van der Waals surface area contributed by atoms with Crippen LogP contribution in [0.25, 0.3) is 0 Å². The highest BCUT2D eigenvalue weighted by atomic mass is 32.2. The number of aliphatic hydroxyl groups is 1. The van der Waals surface area contributed by atoms with Gasteiger partial charge in [-0.3, -0.25) is 0 Å². The second kappa shape index (κ2) is 5.52. The number of aromatic nitrogens is 1. The van der Waals surface area contributed by atoms with Crippen molar-refractivity contribution < 1.29 is 17.9 Å². The highest BCUT2D eigenvalue weighted by molar-refractivity contribution is 7.89. The summed E-state index contributed by atoms with van der Waals surface area (Å²) in [6.07, 6.45) is 1.33. The van der Waals surface area contributed by atoms with E-state index in [0.29, 0.717) is 11.3 Å². The van der Waals surface area contributed by atoms with Crippen molar-refractivity contribution in [2.75, 3.05) is 0 Å². The third-order valence-corrected chi connectivity index (χ3v) is 3.80. The minimum Gasteiger partial charge on any atom is -0.465 e. The summed E-state index contributed by atoms with van der Waals surface area (Å²) in [4.78, 5) is 3.80. The molecule has 0 unspecified atom stereocenters. The molecule has 6 nitrogen and oxygen atoms in total. The first kappa shape index (κ1) is 13.7. The van der Waals surface area contributed by atoms with E-state index >= 15 is 0 Å². The highest BCUT2D eigenvalue weighted by Gasteiger charge is 2.15. The fraction of sp³-hybridized carbons (Fsp3) is 0.250. The Morgan fingerprint density at radius 1 is 1.32 bits per heavy atom. The molecule has 19 heavy (non-hydrogen) atoms. The molecule has 0 aliphatic heterocycles. The van der Waals surface area contributed by atoms with Crippen LogP contribution in [-0.4, -0.2) is 18.5 Å². The Hall–Kier alpha value is -1.70. The van der Waals surface area contributed by atoms with E-state index in [1.807, 2.05) is 0 Å². The van der Waals surface area contributed by atoms with E-state index in [2.05, 4.69) is 9.71 Å². The number of aliphatic hydroxyl groups excluding tert-OH is 1. The van der Waals surface area contributed by atoms with Gasteiger partial charge in [-0.1, -0.05) is 6.07 Å². The molecule has 0 atom stereocenters. The van der Waals surface area contributed by atoms with Crippen molar-refractivity contribution in [1.29, 1.82) is 0 Å². The molecule has 0 aliphatic rings. The molecule has 0 amide bonds. The fourth-order valence-corrected chi connectivity index (χ4v) is 2.40. The van der Waals surface area contributed by atoms with Crippen molar-refractivity contribution in [2.24, 2.45) is 0 Å². The van der Waals surface area contributed by atoms with Crippen molar-refractivity contribution in [1.82, 2.24) is 9.71 Å². The lowest BCUT2D eigenvalue weighted by molar-refractivity contribution is 0.281. The van der Waals surface area contributed by atoms with Crippen LogP contribution in [0.4, 0.5) is 0 Å². The first-order valence-electron chi connectivity index (χ1n) is 5.62. The Morgan fingerprint density at radius 3 is 2.63 bits per heavy atom. The Bertz CT molecular complexity index is 647. The van der Waals surface area contributed by atoms with Crippen LogP contribution in [0.5, 0.6) is 0 Å². The summed E-state index contributed by atoms with van der Waals surface area (Å²) in [5.74, 6) is 1.26. The van der Waals surface area contributed by atoms with Gasteiger partial charge in [-0.25, -0.2) is 18.1 Å². The molecule has 0 spiro atoms. The summed E-state index contributed by atoms with van der Waals surface area (Å²) in [6, 6.07) is 6.33. The SMILES string of the molecule is Cc1ccc(CNS(=O)(=O)c2ccc(CO)cn2)o1. The van der Waals surface area contributed by atoms with E-state index in [4.69, 9.17) is 9.52 Å². The number of nitrogens with zero attached hydrogens (tertiary/aromatic N) is 1. The van der Waals surface area contributed by atoms with Gasteiger partial charge < -0.3 is 9.52 Å². The van der Waals surface area contributed by atoms with Gasteiger partial charge in [0, 0.05) is 6.20 Å². The zero-order chi connectivity index (χ0) is 13.9. The highest BCUT2D eigenvalue weighted by Crippen LogP contribution is 2.10. The van der Waals surface area contributed by atoms with E-state index in [0.717, 1.165) is 5.76 Å². The monoisotopic (exact) mass is 282 g/mol. The summed E-state index contributed by atoms with van der Waals surface area (Å²) in [6.45, 7) is 1.68. The van der Waals surface area contributed by atoms with Gasteiger partial charge in [0.05, 0.1) is 13.2 Å². The van der Waals surface area contributed by atoms with Gasteiger partial charge in [0.15, 0.2) is 5.03 Å². The summed E-state index contributed by atoms with van der Waals surface area (Å²) in [5, 5.41) is 8.78. The van der Waals surface area contributed by atoms with E-state index in [1.165, 1.54) is 18.3 Å². The van der Waals surface area contributed by atoms with Crippen LogP contribution in [0, 0.1) is 6.92 Å². The summed E-state index contributed by atoms with van der Waals surface area (Å²) < 4.78 is 31.5. The van der Waals surface area contributed by atoms with Gasteiger partial charge in [-0.15, -0.1) is 0 Å². The molecule has 102 valence electrons. The van der Waals surface area contributed by atoms with E-state index in [1.54, 1.807) is 19.1 Å². The van der Waals surface area contributed by atoms with Crippen molar-refractivity contribution >= 4 is 10.0 Å². The molecule has 2 heterocycles. The Balaban J connectivity index is 2.09. The fourth-order valence-electron chi connectivity index (χ4n) is 1.48. The number of pyridine rings is 1. The number of rotatable bonds is 5. The Kier molecular flexibility index (Phi) is 3.98. The van der Waals surface area contributed by atoms with Crippen LogP contribution in [0.2, 0.25) is 0 Å². The van der Waals surface area contributed by atoms with Crippen molar-refractivity contribution in [2.45, 2.75) is 25.1 Å². The first-order valence-corrected chi connectivity index (χ1v) is 7.10. The second-order valence-electron chi connectivity index (χ2n) is 4.00. The normalized spacial score (nSPS) is 11.7. The van der Waals surface area contributed by atoms with Crippen molar-refractivity contribution in [3.05, 3.63) is 47.5 Å². The minimum absolute atomic E-state index is 0.0691. The molecule has 7 heteroatoms. The molecule has 2 aromatic heterocycles. The number of furan rings is 1. The van der Waals surface area contributed by atoms with E-state index in [-0.39, 0.29) is 18.2 Å². The number of hydrogen-bond acceptors (Lipinski definition) is 5. The molecule has 2 rings (SSSR count). The average Bonchev–Trinajstić information content (AvgIpc) is 2.82. The number of nitrogens with one attached hydrogen (secondary N) is 1. The van der Waals surface area contributed by atoms with Gasteiger partial charge in [0.25, 0.3) is 10.0 Å². The number of hydrogen-bond donors (Lipinski definition) is 2. The molecule has 0 saturated carbocycles. The van der Waals surface area contributed by atoms with Crippen LogP contribution in [0.1, 0.15) is 17.1 Å². The minimum atomic E-state index is -3.68.